The fraction of sp³-hybridized carbons (Fsp3) is 0.538. The van der Waals surface area contributed by atoms with Crippen molar-refractivity contribution in [2.45, 2.75) is 25.9 Å². The van der Waals surface area contributed by atoms with Gasteiger partial charge in [0, 0.05) is 12.5 Å². The van der Waals surface area contributed by atoms with Crippen LogP contribution >= 0.6 is 0 Å². The van der Waals surface area contributed by atoms with Crippen molar-refractivity contribution in [1.29, 1.82) is 0 Å². The second-order valence-electron chi connectivity index (χ2n) is 4.37. The summed E-state index contributed by atoms with van der Waals surface area (Å²) in [6.07, 6.45) is 1.62. The van der Waals surface area contributed by atoms with Crippen LogP contribution in [0.3, 0.4) is 0 Å². The molecule has 0 saturated carbocycles. The molecule has 0 bridgehead atoms. The Balaban J connectivity index is 2.12. The van der Waals surface area contributed by atoms with E-state index in [0.717, 1.165) is 25.9 Å². The standard InChI is InChI=1S/C13H17F2NO/c1-2-12(9-6-7-16-8-9)17-13-10(14)4-3-5-11(13)15/h3-5,9,12,16H,2,6-8H2,1H3/t9?,12-/m0/s1. The van der Waals surface area contributed by atoms with Crippen molar-refractivity contribution in [3.63, 3.8) is 0 Å². The van der Waals surface area contributed by atoms with Crippen LogP contribution in [0.1, 0.15) is 19.8 Å². The number of halogens is 2. The second kappa shape index (κ2) is 5.45. The molecule has 1 saturated heterocycles. The largest absolute Gasteiger partial charge is 0.484 e. The molecule has 2 nitrogen and oxygen atoms in total. The summed E-state index contributed by atoms with van der Waals surface area (Å²) in [4.78, 5) is 0. The van der Waals surface area contributed by atoms with Crippen LogP contribution in [0, 0.1) is 17.6 Å². The van der Waals surface area contributed by atoms with Crippen molar-refractivity contribution in [2.75, 3.05) is 13.1 Å². The van der Waals surface area contributed by atoms with Crippen LogP contribution < -0.4 is 10.1 Å². The monoisotopic (exact) mass is 241 g/mol. The smallest absolute Gasteiger partial charge is 0.191 e. The molecule has 2 rings (SSSR count). The van der Waals surface area contributed by atoms with Gasteiger partial charge in [0.2, 0.25) is 0 Å². The first-order valence-corrected chi connectivity index (χ1v) is 6.03. The normalized spacial score (nSPS) is 21.5. The summed E-state index contributed by atoms with van der Waals surface area (Å²) in [5.41, 5.74) is 0. The minimum Gasteiger partial charge on any atom is -0.484 e. The van der Waals surface area contributed by atoms with E-state index in [1.54, 1.807) is 0 Å². The molecule has 1 fully saturated rings. The van der Waals surface area contributed by atoms with Crippen LogP contribution in [0.4, 0.5) is 8.78 Å². The summed E-state index contributed by atoms with van der Waals surface area (Å²) in [5, 5.41) is 3.23. The lowest BCUT2D eigenvalue weighted by molar-refractivity contribution is 0.126. The average molecular weight is 241 g/mol. The number of rotatable bonds is 4. The molecular formula is C13H17F2NO. The van der Waals surface area contributed by atoms with Crippen LogP contribution in [-0.2, 0) is 0 Å². The third-order valence-electron chi connectivity index (χ3n) is 3.21. The Kier molecular flexibility index (Phi) is 3.94. The highest BCUT2D eigenvalue weighted by Gasteiger charge is 2.26. The van der Waals surface area contributed by atoms with Gasteiger partial charge in [0.15, 0.2) is 17.4 Å². The molecule has 1 heterocycles. The molecule has 1 aromatic carbocycles. The van der Waals surface area contributed by atoms with Crippen molar-refractivity contribution >= 4 is 0 Å². The van der Waals surface area contributed by atoms with Crippen molar-refractivity contribution in [3.8, 4) is 5.75 Å². The number of para-hydroxylation sites is 1. The predicted octanol–water partition coefficient (Wildman–Crippen LogP) is 2.73. The Hall–Kier alpha value is -1.16. The molecule has 0 spiro atoms. The van der Waals surface area contributed by atoms with Crippen LogP contribution in [0.2, 0.25) is 0 Å². The Morgan fingerprint density at radius 3 is 2.65 bits per heavy atom. The fourth-order valence-corrected chi connectivity index (χ4v) is 2.25. The van der Waals surface area contributed by atoms with Gasteiger partial charge >= 0.3 is 0 Å². The first-order chi connectivity index (χ1) is 8.22. The Morgan fingerprint density at radius 2 is 2.12 bits per heavy atom. The fourth-order valence-electron chi connectivity index (χ4n) is 2.25. The van der Waals surface area contributed by atoms with E-state index in [9.17, 15) is 8.78 Å². The Bertz CT molecular complexity index is 357. The number of nitrogens with one attached hydrogen (secondary N) is 1. The van der Waals surface area contributed by atoms with Gasteiger partial charge in [0.1, 0.15) is 6.10 Å². The molecule has 94 valence electrons. The summed E-state index contributed by atoms with van der Waals surface area (Å²) in [6.45, 7) is 3.78. The van der Waals surface area contributed by atoms with Gasteiger partial charge < -0.3 is 10.1 Å². The van der Waals surface area contributed by atoms with Crippen LogP contribution in [-0.4, -0.2) is 19.2 Å². The maximum Gasteiger partial charge on any atom is 0.191 e. The zero-order valence-electron chi connectivity index (χ0n) is 9.88. The van der Waals surface area contributed by atoms with Crippen molar-refractivity contribution in [1.82, 2.24) is 5.32 Å². The van der Waals surface area contributed by atoms with E-state index in [0.29, 0.717) is 5.92 Å². The zero-order chi connectivity index (χ0) is 12.3. The molecule has 1 aliphatic heterocycles. The molecule has 17 heavy (non-hydrogen) atoms. The summed E-state index contributed by atoms with van der Waals surface area (Å²) in [7, 11) is 0. The van der Waals surface area contributed by atoms with Crippen LogP contribution in [0.25, 0.3) is 0 Å². The molecular weight excluding hydrogens is 224 g/mol. The quantitative estimate of drug-likeness (QED) is 0.875. The van der Waals surface area contributed by atoms with Crippen molar-refractivity contribution < 1.29 is 13.5 Å². The third kappa shape index (κ3) is 2.75. The molecule has 1 unspecified atom stereocenters. The van der Waals surface area contributed by atoms with Gasteiger partial charge in [-0.2, -0.15) is 0 Å². The van der Waals surface area contributed by atoms with Crippen molar-refractivity contribution in [2.24, 2.45) is 5.92 Å². The predicted molar refractivity (Wildman–Crippen MR) is 62.0 cm³/mol. The van der Waals surface area contributed by atoms with E-state index in [1.165, 1.54) is 18.2 Å². The van der Waals surface area contributed by atoms with E-state index in [2.05, 4.69) is 5.32 Å². The van der Waals surface area contributed by atoms with Gasteiger partial charge in [0.25, 0.3) is 0 Å². The Morgan fingerprint density at radius 1 is 1.41 bits per heavy atom. The molecule has 0 aliphatic carbocycles. The minimum atomic E-state index is -0.630. The molecule has 1 aromatic rings. The van der Waals surface area contributed by atoms with Crippen molar-refractivity contribution in [3.05, 3.63) is 29.8 Å². The highest BCUT2D eigenvalue weighted by Crippen LogP contribution is 2.26. The molecule has 2 atom stereocenters. The number of benzene rings is 1. The molecule has 0 aromatic heterocycles. The molecule has 0 amide bonds. The topological polar surface area (TPSA) is 21.3 Å². The molecule has 1 N–H and O–H groups in total. The lowest BCUT2D eigenvalue weighted by Gasteiger charge is -2.23. The van der Waals surface area contributed by atoms with E-state index >= 15 is 0 Å². The van der Waals surface area contributed by atoms with E-state index in [-0.39, 0.29) is 11.9 Å². The maximum absolute atomic E-state index is 13.5. The number of hydrogen-bond donors (Lipinski definition) is 1. The van der Waals surface area contributed by atoms with Gasteiger partial charge in [-0.05, 0) is 31.5 Å². The summed E-state index contributed by atoms with van der Waals surface area (Å²) >= 11 is 0. The van der Waals surface area contributed by atoms with E-state index in [4.69, 9.17) is 4.74 Å². The van der Waals surface area contributed by atoms with Gasteiger partial charge in [-0.25, -0.2) is 8.78 Å². The lowest BCUT2D eigenvalue weighted by Crippen LogP contribution is -2.28. The molecule has 1 aliphatic rings. The number of hydrogen-bond acceptors (Lipinski definition) is 2. The SMILES string of the molecule is CC[C@H](Oc1c(F)cccc1F)C1CCNC1. The molecule has 4 heteroatoms. The molecule has 0 radical (unpaired) electrons. The number of ether oxygens (including phenoxy) is 1. The summed E-state index contributed by atoms with van der Waals surface area (Å²) in [5.74, 6) is -1.17. The zero-order valence-corrected chi connectivity index (χ0v) is 9.88. The van der Waals surface area contributed by atoms with E-state index < -0.39 is 11.6 Å². The summed E-state index contributed by atoms with van der Waals surface area (Å²) in [6, 6.07) is 3.78. The van der Waals surface area contributed by atoms with Gasteiger partial charge in [-0.15, -0.1) is 0 Å². The van der Waals surface area contributed by atoms with Gasteiger partial charge in [0.05, 0.1) is 0 Å². The first kappa shape index (κ1) is 12.3. The van der Waals surface area contributed by atoms with E-state index in [1.807, 2.05) is 6.92 Å². The van der Waals surface area contributed by atoms with Gasteiger partial charge in [-0.1, -0.05) is 13.0 Å². The highest BCUT2D eigenvalue weighted by molar-refractivity contribution is 5.26. The van der Waals surface area contributed by atoms with Crippen LogP contribution in [0.5, 0.6) is 5.75 Å². The second-order valence-corrected chi connectivity index (χ2v) is 4.37. The third-order valence-corrected chi connectivity index (χ3v) is 3.21. The average Bonchev–Trinajstić information content (AvgIpc) is 2.82. The Labute approximate surface area is 100.0 Å². The minimum absolute atomic E-state index is 0.128. The lowest BCUT2D eigenvalue weighted by atomic mass is 9.99. The van der Waals surface area contributed by atoms with Crippen LogP contribution in [0.15, 0.2) is 18.2 Å². The summed E-state index contributed by atoms with van der Waals surface area (Å²) < 4.78 is 32.4. The van der Waals surface area contributed by atoms with Gasteiger partial charge in [-0.3, -0.25) is 0 Å². The maximum atomic E-state index is 13.5. The first-order valence-electron chi connectivity index (χ1n) is 6.03. The highest BCUT2D eigenvalue weighted by atomic mass is 19.1.